The third kappa shape index (κ3) is 2.38. The molecule has 0 bridgehead atoms. The van der Waals surface area contributed by atoms with E-state index in [1.165, 1.54) is 0 Å². The summed E-state index contributed by atoms with van der Waals surface area (Å²) in [5.74, 6) is -0.569. The van der Waals surface area contributed by atoms with Crippen LogP contribution in [-0.2, 0) is 12.8 Å². The van der Waals surface area contributed by atoms with Crippen molar-refractivity contribution in [1.82, 2.24) is 4.98 Å². The maximum atomic E-state index is 12.4. The van der Waals surface area contributed by atoms with Crippen LogP contribution in [0, 0.1) is 0 Å². The molecule has 1 rings (SSSR count). The van der Waals surface area contributed by atoms with Crippen molar-refractivity contribution in [1.29, 1.82) is 0 Å². The molecule has 0 aliphatic rings. The Morgan fingerprint density at radius 1 is 1.38 bits per heavy atom. The molecule has 0 unspecified atom stereocenters. The average molecular weight is 242 g/mol. The normalized spacial score (nSPS) is 12.2. The number of aliphatic hydroxyl groups is 1. The molecule has 0 saturated carbocycles. The second-order valence-electron chi connectivity index (χ2n) is 2.91. The Balaban J connectivity index is 3.51. The van der Waals surface area contributed by atoms with E-state index < -0.39 is 41.8 Å². The minimum absolute atomic E-state index is 0.320. The van der Waals surface area contributed by atoms with Crippen LogP contribution in [0.5, 0.6) is 0 Å². The maximum absolute atomic E-state index is 12.4. The van der Waals surface area contributed by atoms with Crippen LogP contribution < -0.4 is 5.73 Å². The number of nitrogens with zero attached hydrogens (tertiary/aromatic N) is 1. The number of alkyl halides is 5. The highest BCUT2D eigenvalue weighted by Gasteiger charge is 2.37. The van der Waals surface area contributed by atoms with Gasteiger partial charge in [-0.1, -0.05) is 0 Å². The summed E-state index contributed by atoms with van der Waals surface area (Å²) in [6.07, 6.45) is -8.35. The molecule has 0 saturated heterocycles. The molecule has 0 aliphatic carbocycles. The minimum atomic E-state index is -4.97. The SMILES string of the molecule is Nc1cc(C(F)(F)F)c(C(F)F)c(CO)n1. The molecular formula is C8H7F5N2O. The zero-order valence-electron chi connectivity index (χ0n) is 7.72. The van der Waals surface area contributed by atoms with Crippen molar-refractivity contribution >= 4 is 5.82 Å². The first-order valence-corrected chi connectivity index (χ1v) is 4.03. The van der Waals surface area contributed by atoms with Gasteiger partial charge < -0.3 is 10.8 Å². The fourth-order valence-electron chi connectivity index (χ4n) is 1.23. The average Bonchev–Trinajstić information content (AvgIpc) is 2.14. The second kappa shape index (κ2) is 4.20. The lowest BCUT2D eigenvalue weighted by molar-refractivity contribution is -0.139. The quantitative estimate of drug-likeness (QED) is 0.781. The first-order valence-electron chi connectivity index (χ1n) is 4.03. The number of halogens is 5. The number of rotatable bonds is 2. The molecule has 8 heteroatoms. The fraction of sp³-hybridized carbons (Fsp3) is 0.375. The van der Waals surface area contributed by atoms with Crippen molar-refractivity contribution in [3.63, 3.8) is 0 Å². The Bertz CT molecular complexity index is 391. The van der Waals surface area contributed by atoms with Gasteiger partial charge in [-0.05, 0) is 6.07 Å². The van der Waals surface area contributed by atoms with E-state index in [4.69, 9.17) is 10.8 Å². The number of nitrogen functional groups attached to an aromatic ring is 1. The molecule has 0 spiro atoms. The standard InChI is InChI=1S/C8H7F5N2O/c9-7(10)6-3(8(11,12)13)1-5(14)15-4(6)2-16/h1,7,16H,2H2,(H2,14,15). The molecule has 3 N–H and O–H groups in total. The first-order chi connectivity index (χ1) is 7.27. The molecule has 16 heavy (non-hydrogen) atoms. The van der Waals surface area contributed by atoms with Gasteiger partial charge in [-0.25, -0.2) is 13.8 Å². The van der Waals surface area contributed by atoms with E-state index in [-0.39, 0.29) is 0 Å². The van der Waals surface area contributed by atoms with Crippen LogP contribution in [0.1, 0.15) is 23.2 Å². The van der Waals surface area contributed by atoms with Crippen molar-refractivity contribution in [3.8, 4) is 0 Å². The molecule has 0 aromatic carbocycles. The van der Waals surface area contributed by atoms with E-state index >= 15 is 0 Å². The summed E-state index contributed by atoms with van der Waals surface area (Å²) < 4.78 is 62.1. The Hall–Kier alpha value is -1.44. The van der Waals surface area contributed by atoms with E-state index in [2.05, 4.69) is 4.98 Å². The van der Waals surface area contributed by atoms with Crippen LogP contribution in [0.25, 0.3) is 0 Å². The summed E-state index contributed by atoms with van der Waals surface area (Å²) >= 11 is 0. The van der Waals surface area contributed by atoms with Gasteiger partial charge in [0.15, 0.2) is 0 Å². The number of hydrogen-bond acceptors (Lipinski definition) is 3. The summed E-state index contributed by atoms with van der Waals surface area (Å²) in [6, 6.07) is 0.320. The monoisotopic (exact) mass is 242 g/mol. The topological polar surface area (TPSA) is 59.1 Å². The lowest BCUT2D eigenvalue weighted by Crippen LogP contribution is -2.14. The number of aliphatic hydroxyl groups excluding tert-OH is 1. The Morgan fingerprint density at radius 3 is 2.31 bits per heavy atom. The van der Waals surface area contributed by atoms with Gasteiger partial charge in [-0.15, -0.1) is 0 Å². The molecule has 1 aromatic rings. The van der Waals surface area contributed by atoms with Crippen molar-refractivity contribution in [2.45, 2.75) is 19.2 Å². The van der Waals surface area contributed by atoms with Gasteiger partial charge in [0.05, 0.1) is 23.4 Å². The fourth-order valence-corrected chi connectivity index (χ4v) is 1.23. The smallest absolute Gasteiger partial charge is 0.390 e. The molecular weight excluding hydrogens is 235 g/mol. The summed E-state index contributed by atoms with van der Waals surface area (Å²) in [6.45, 7) is -1.03. The molecule has 0 amide bonds. The van der Waals surface area contributed by atoms with Gasteiger partial charge in [0.1, 0.15) is 5.82 Å². The van der Waals surface area contributed by atoms with E-state index in [1.807, 2.05) is 0 Å². The summed E-state index contributed by atoms with van der Waals surface area (Å²) in [7, 11) is 0. The van der Waals surface area contributed by atoms with Crippen LogP contribution >= 0.6 is 0 Å². The van der Waals surface area contributed by atoms with Crippen molar-refractivity contribution in [3.05, 3.63) is 22.9 Å². The van der Waals surface area contributed by atoms with Gasteiger partial charge in [0.25, 0.3) is 6.43 Å². The highest BCUT2D eigenvalue weighted by molar-refractivity contribution is 5.43. The zero-order chi connectivity index (χ0) is 12.5. The van der Waals surface area contributed by atoms with Gasteiger partial charge in [0.2, 0.25) is 0 Å². The minimum Gasteiger partial charge on any atom is -0.390 e. The predicted molar refractivity (Wildman–Crippen MR) is 44.5 cm³/mol. The number of nitrogens with two attached hydrogens (primary N) is 1. The summed E-state index contributed by atoms with van der Waals surface area (Å²) in [4.78, 5) is 3.23. The van der Waals surface area contributed by atoms with Crippen molar-refractivity contribution in [2.75, 3.05) is 5.73 Å². The van der Waals surface area contributed by atoms with E-state index in [1.54, 1.807) is 0 Å². The highest BCUT2D eigenvalue weighted by Crippen LogP contribution is 2.38. The van der Waals surface area contributed by atoms with E-state index in [9.17, 15) is 22.0 Å². The molecule has 1 heterocycles. The Labute approximate surface area is 86.7 Å². The third-order valence-corrected chi connectivity index (χ3v) is 1.83. The number of pyridine rings is 1. The van der Waals surface area contributed by atoms with Crippen LogP contribution in [-0.4, -0.2) is 10.1 Å². The molecule has 0 aliphatic heterocycles. The van der Waals surface area contributed by atoms with Crippen LogP contribution in [0.2, 0.25) is 0 Å². The van der Waals surface area contributed by atoms with Gasteiger partial charge >= 0.3 is 6.18 Å². The number of anilines is 1. The Morgan fingerprint density at radius 2 is 1.94 bits per heavy atom. The molecule has 1 aromatic heterocycles. The van der Waals surface area contributed by atoms with Gasteiger partial charge in [-0.3, -0.25) is 0 Å². The molecule has 0 radical (unpaired) electrons. The zero-order valence-corrected chi connectivity index (χ0v) is 7.72. The molecule has 3 nitrogen and oxygen atoms in total. The van der Waals surface area contributed by atoms with Crippen LogP contribution in [0.3, 0.4) is 0 Å². The Kier molecular flexibility index (Phi) is 3.32. The second-order valence-corrected chi connectivity index (χ2v) is 2.91. The number of aromatic nitrogens is 1. The van der Waals surface area contributed by atoms with Gasteiger partial charge in [-0.2, -0.15) is 13.2 Å². The van der Waals surface area contributed by atoms with E-state index in [0.717, 1.165) is 0 Å². The van der Waals surface area contributed by atoms with Crippen LogP contribution in [0.15, 0.2) is 6.07 Å². The van der Waals surface area contributed by atoms with E-state index in [0.29, 0.717) is 6.07 Å². The lowest BCUT2D eigenvalue weighted by atomic mass is 10.1. The first kappa shape index (κ1) is 12.6. The van der Waals surface area contributed by atoms with Gasteiger partial charge in [0, 0.05) is 0 Å². The lowest BCUT2D eigenvalue weighted by Gasteiger charge is -2.15. The maximum Gasteiger partial charge on any atom is 0.417 e. The largest absolute Gasteiger partial charge is 0.417 e. The van der Waals surface area contributed by atoms with Crippen LogP contribution in [0.4, 0.5) is 27.8 Å². The van der Waals surface area contributed by atoms with Crippen molar-refractivity contribution in [2.24, 2.45) is 0 Å². The summed E-state index contributed by atoms with van der Waals surface area (Å²) in [5, 5.41) is 8.66. The number of hydrogen-bond donors (Lipinski definition) is 2. The highest BCUT2D eigenvalue weighted by atomic mass is 19.4. The van der Waals surface area contributed by atoms with Crippen molar-refractivity contribution < 1.29 is 27.1 Å². The third-order valence-electron chi connectivity index (χ3n) is 1.83. The summed E-state index contributed by atoms with van der Waals surface area (Å²) in [5.41, 5.74) is 1.37. The molecule has 90 valence electrons. The molecule has 0 fully saturated rings. The molecule has 0 atom stereocenters. The predicted octanol–water partition coefficient (Wildman–Crippen LogP) is 2.11.